The number of carbonyl (C=O) groups is 2. The first-order valence-electron chi connectivity index (χ1n) is 10.2. The number of hydrogen-bond donors (Lipinski definition) is 2. The monoisotopic (exact) mass is 411 g/mol. The van der Waals surface area contributed by atoms with Crippen LogP contribution in [-0.2, 0) is 20.7 Å². The molecule has 0 bridgehead atoms. The summed E-state index contributed by atoms with van der Waals surface area (Å²) in [4.78, 5) is 26.8. The first kappa shape index (κ1) is 20.5. The number of rotatable bonds is 3. The summed E-state index contributed by atoms with van der Waals surface area (Å²) >= 11 is 0. The molecule has 0 aromatic heterocycles. The highest BCUT2D eigenvalue weighted by molar-refractivity contribution is 5.83. The summed E-state index contributed by atoms with van der Waals surface area (Å²) in [7, 11) is 0. The van der Waals surface area contributed by atoms with Gasteiger partial charge in [0, 0.05) is 32.0 Å². The molecular formula is C23H26FN3O3. The van der Waals surface area contributed by atoms with E-state index >= 15 is 0 Å². The molecule has 158 valence electrons. The Morgan fingerprint density at radius 3 is 2.63 bits per heavy atom. The third kappa shape index (κ3) is 4.08. The minimum absolute atomic E-state index is 0.138. The number of halogens is 1. The largest absolute Gasteiger partial charge is 0.367 e. The van der Waals surface area contributed by atoms with Crippen LogP contribution in [0.5, 0.6) is 0 Å². The molecule has 6 nitrogen and oxygen atoms in total. The van der Waals surface area contributed by atoms with Crippen molar-refractivity contribution in [1.29, 1.82) is 0 Å². The van der Waals surface area contributed by atoms with Gasteiger partial charge in [0.2, 0.25) is 5.91 Å². The molecule has 1 saturated heterocycles. The summed E-state index contributed by atoms with van der Waals surface area (Å²) in [5.74, 6) is -0.635. The molecule has 0 saturated carbocycles. The molecule has 0 spiro atoms. The maximum absolute atomic E-state index is 13.5. The highest BCUT2D eigenvalue weighted by Crippen LogP contribution is 2.36. The lowest BCUT2D eigenvalue weighted by molar-refractivity contribution is -0.151. The number of nitrogens with zero attached hydrogens (tertiary/aromatic N) is 1. The molecule has 2 aliphatic rings. The zero-order valence-corrected chi connectivity index (χ0v) is 16.9. The quantitative estimate of drug-likeness (QED) is 0.808. The van der Waals surface area contributed by atoms with Crippen molar-refractivity contribution in [3.8, 4) is 0 Å². The molecule has 7 heteroatoms. The Balaban J connectivity index is 1.64. The van der Waals surface area contributed by atoms with Crippen LogP contribution in [0.2, 0.25) is 0 Å². The van der Waals surface area contributed by atoms with Crippen LogP contribution in [0.15, 0.2) is 48.5 Å². The van der Waals surface area contributed by atoms with Gasteiger partial charge in [-0.15, -0.1) is 0 Å². The number of amides is 2. The Morgan fingerprint density at radius 2 is 1.90 bits per heavy atom. The lowest BCUT2D eigenvalue weighted by Gasteiger charge is -2.41. The molecule has 4 atom stereocenters. The van der Waals surface area contributed by atoms with Gasteiger partial charge in [-0.1, -0.05) is 36.4 Å². The average molecular weight is 411 g/mol. The minimum Gasteiger partial charge on any atom is -0.367 e. The van der Waals surface area contributed by atoms with Gasteiger partial charge in [-0.3, -0.25) is 9.59 Å². The van der Waals surface area contributed by atoms with Crippen molar-refractivity contribution < 1.29 is 18.7 Å². The summed E-state index contributed by atoms with van der Waals surface area (Å²) in [5, 5.41) is 2.83. The smallest absolute Gasteiger partial charge is 0.252 e. The van der Waals surface area contributed by atoms with E-state index < -0.39 is 6.10 Å². The van der Waals surface area contributed by atoms with Crippen molar-refractivity contribution in [1.82, 2.24) is 10.2 Å². The summed E-state index contributed by atoms with van der Waals surface area (Å²) in [5.41, 5.74) is 9.13. The van der Waals surface area contributed by atoms with Crippen LogP contribution in [0, 0.1) is 5.82 Å². The van der Waals surface area contributed by atoms with E-state index in [-0.39, 0.29) is 42.4 Å². The topological polar surface area (TPSA) is 84.7 Å². The molecular weight excluding hydrogens is 385 g/mol. The third-order valence-electron chi connectivity index (χ3n) is 5.89. The standard InChI is InChI=1S/C23H26FN3O3/c1-14(28)26-20-12-21(30-13-19(20)25)23(29)27-11-10-15-4-2-3-5-18(15)22(27)16-6-8-17(24)9-7-16/h2-9,19-22H,10-13,25H2,1H3,(H,26,28)/t19-,20+,21-,22+/m1/s1. The average Bonchev–Trinajstić information content (AvgIpc) is 2.74. The fourth-order valence-electron chi connectivity index (χ4n) is 4.41. The number of carbonyl (C=O) groups excluding carboxylic acids is 2. The third-order valence-corrected chi connectivity index (χ3v) is 5.89. The highest BCUT2D eigenvalue weighted by atomic mass is 19.1. The molecule has 0 radical (unpaired) electrons. The molecule has 4 rings (SSSR count). The lowest BCUT2D eigenvalue weighted by atomic mass is 9.87. The van der Waals surface area contributed by atoms with Crippen LogP contribution < -0.4 is 11.1 Å². The first-order chi connectivity index (χ1) is 14.4. The predicted molar refractivity (Wildman–Crippen MR) is 110 cm³/mol. The van der Waals surface area contributed by atoms with Gasteiger partial charge in [0.15, 0.2) is 0 Å². The van der Waals surface area contributed by atoms with Crippen molar-refractivity contribution in [2.45, 2.75) is 44.0 Å². The Bertz CT molecular complexity index is 934. The predicted octanol–water partition coefficient (Wildman–Crippen LogP) is 1.92. The van der Waals surface area contributed by atoms with Gasteiger partial charge in [0.25, 0.3) is 5.91 Å². The number of fused-ring (bicyclic) bond motifs is 1. The van der Waals surface area contributed by atoms with Crippen molar-refractivity contribution in [3.05, 3.63) is 71.0 Å². The van der Waals surface area contributed by atoms with E-state index in [0.717, 1.165) is 17.5 Å². The maximum atomic E-state index is 13.5. The number of nitrogens with two attached hydrogens (primary N) is 1. The number of hydrogen-bond acceptors (Lipinski definition) is 4. The SMILES string of the molecule is CC(=O)N[C@H]1C[C@H](C(=O)N2CCc3ccccc3[C@@H]2c2ccc(F)cc2)OC[C@H]1N. The van der Waals surface area contributed by atoms with Crippen molar-refractivity contribution in [2.24, 2.45) is 5.73 Å². The van der Waals surface area contributed by atoms with E-state index in [9.17, 15) is 14.0 Å². The molecule has 0 aliphatic carbocycles. The molecule has 2 aliphatic heterocycles. The Morgan fingerprint density at radius 1 is 1.17 bits per heavy atom. The fourth-order valence-corrected chi connectivity index (χ4v) is 4.41. The Kier molecular flexibility index (Phi) is 5.83. The molecule has 2 amide bonds. The van der Waals surface area contributed by atoms with E-state index in [4.69, 9.17) is 10.5 Å². The molecule has 2 aromatic rings. The van der Waals surface area contributed by atoms with Gasteiger partial charge in [0.1, 0.15) is 11.9 Å². The zero-order chi connectivity index (χ0) is 21.3. The second-order valence-corrected chi connectivity index (χ2v) is 7.96. The van der Waals surface area contributed by atoms with Gasteiger partial charge in [0.05, 0.1) is 12.6 Å². The van der Waals surface area contributed by atoms with Gasteiger partial charge >= 0.3 is 0 Å². The normalized spacial score (nSPS) is 26.0. The van der Waals surface area contributed by atoms with Gasteiger partial charge in [-0.25, -0.2) is 4.39 Å². The van der Waals surface area contributed by atoms with Crippen LogP contribution in [0.4, 0.5) is 4.39 Å². The van der Waals surface area contributed by atoms with Crippen LogP contribution in [0.1, 0.15) is 36.1 Å². The van der Waals surface area contributed by atoms with Gasteiger partial charge < -0.3 is 20.7 Å². The molecule has 1 fully saturated rings. The van der Waals surface area contributed by atoms with Gasteiger partial charge in [-0.2, -0.15) is 0 Å². The van der Waals surface area contributed by atoms with Crippen molar-refractivity contribution >= 4 is 11.8 Å². The van der Waals surface area contributed by atoms with E-state index in [1.807, 2.05) is 23.1 Å². The molecule has 0 unspecified atom stereocenters. The second kappa shape index (κ2) is 8.53. The van der Waals surface area contributed by atoms with E-state index in [1.54, 1.807) is 12.1 Å². The first-order valence-corrected chi connectivity index (χ1v) is 10.2. The second-order valence-electron chi connectivity index (χ2n) is 7.96. The van der Waals surface area contributed by atoms with Crippen LogP contribution in [0.25, 0.3) is 0 Å². The molecule has 3 N–H and O–H groups in total. The lowest BCUT2D eigenvalue weighted by Crippen LogP contribution is -2.58. The number of benzene rings is 2. The van der Waals surface area contributed by atoms with E-state index in [0.29, 0.717) is 13.0 Å². The summed E-state index contributed by atoms with van der Waals surface area (Å²) in [6, 6.07) is 13.3. The Hall–Kier alpha value is -2.77. The highest BCUT2D eigenvalue weighted by Gasteiger charge is 2.39. The van der Waals surface area contributed by atoms with Gasteiger partial charge in [-0.05, 0) is 35.2 Å². The molecule has 2 aromatic carbocycles. The van der Waals surface area contributed by atoms with Crippen molar-refractivity contribution in [2.75, 3.05) is 13.2 Å². The van der Waals surface area contributed by atoms with Crippen molar-refractivity contribution in [3.63, 3.8) is 0 Å². The fraction of sp³-hybridized carbons (Fsp3) is 0.391. The minimum atomic E-state index is -0.685. The van der Waals surface area contributed by atoms with E-state index in [1.165, 1.54) is 24.6 Å². The van der Waals surface area contributed by atoms with Crippen LogP contribution >= 0.6 is 0 Å². The number of ether oxygens (including phenoxy) is 1. The maximum Gasteiger partial charge on any atom is 0.252 e. The summed E-state index contributed by atoms with van der Waals surface area (Å²) < 4.78 is 19.3. The van der Waals surface area contributed by atoms with E-state index in [2.05, 4.69) is 11.4 Å². The van der Waals surface area contributed by atoms with Crippen LogP contribution in [0.3, 0.4) is 0 Å². The number of nitrogens with one attached hydrogen (secondary N) is 1. The summed E-state index contributed by atoms with van der Waals surface area (Å²) in [6.07, 6.45) is 0.379. The van der Waals surface area contributed by atoms with Crippen LogP contribution in [-0.4, -0.2) is 48.1 Å². The Labute approximate surface area is 175 Å². The molecule has 2 heterocycles. The molecule has 30 heavy (non-hydrogen) atoms. The summed E-state index contributed by atoms with van der Waals surface area (Å²) in [6.45, 7) is 2.17. The zero-order valence-electron chi connectivity index (χ0n) is 16.9.